The molecule has 0 radical (unpaired) electrons. The van der Waals surface area contributed by atoms with E-state index in [4.69, 9.17) is 21.1 Å². The first-order chi connectivity index (χ1) is 16.9. The first-order valence-electron chi connectivity index (χ1n) is 10.2. The molecule has 0 aliphatic rings. The van der Waals surface area contributed by atoms with Crippen LogP contribution in [-0.2, 0) is 13.2 Å². The topological polar surface area (TPSA) is 62.5 Å². The molecule has 3 aromatic rings. The molecular formula is C25H19ClF4N2O4. The van der Waals surface area contributed by atoms with Crippen molar-refractivity contribution in [1.29, 1.82) is 0 Å². The molecule has 36 heavy (non-hydrogen) atoms. The zero-order chi connectivity index (χ0) is 26.6. The highest BCUT2D eigenvalue weighted by Gasteiger charge is 2.35. The molecule has 188 valence electrons. The van der Waals surface area contributed by atoms with Crippen molar-refractivity contribution in [3.05, 3.63) is 117 Å². The highest BCUT2D eigenvalue weighted by Crippen LogP contribution is 2.37. The van der Waals surface area contributed by atoms with Gasteiger partial charge in [-0.3, -0.25) is 9.36 Å². The van der Waals surface area contributed by atoms with E-state index in [0.717, 1.165) is 19.2 Å². The summed E-state index contributed by atoms with van der Waals surface area (Å²) in [4.78, 5) is 25.0. The second-order valence-electron chi connectivity index (χ2n) is 7.37. The maximum absolute atomic E-state index is 14.8. The van der Waals surface area contributed by atoms with Gasteiger partial charge in [-0.25, -0.2) is 13.8 Å². The average molecular weight is 523 g/mol. The third kappa shape index (κ3) is 5.77. The summed E-state index contributed by atoms with van der Waals surface area (Å²) in [6.07, 6.45) is -0.00953. The largest absolute Gasteiger partial charge is 0.485 e. The summed E-state index contributed by atoms with van der Waals surface area (Å²) in [7, 11) is 0.817. The van der Waals surface area contributed by atoms with Crippen LogP contribution in [0.2, 0.25) is 5.02 Å². The van der Waals surface area contributed by atoms with Crippen molar-refractivity contribution in [3.8, 4) is 22.9 Å². The number of hydrogen-bond donors (Lipinski definition) is 0. The monoisotopic (exact) mass is 522 g/mol. The van der Waals surface area contributed by atoms with Crippen LogP contribution in [0.1, 0.15) is 5.69 Å². The fourth-order valence-corrected chi connectivity index (χ4v) is 3.27. The van der Waals surface area contributed by atoms with Crippen molar-refractivity contribution < 1.29 is 27.0 Å². The molecule has 0 saturated heterocycles. The van der Waals surface area contributed by atoms with Crippen LogP contribution >= 0.6 is 11.6 Å². The van der Waals surface area contributed by atoms with Crippen LogP contribution in [0.15, 0.2) is 89.0 Å². The van der Waals surface area contributed by atoms with Gasteiger partial charge in [-0.05, 0) is 23.8 Å². The Morgan fingerprint density at radius 1 is 1.11 bits per heavy atom. The van der Waals surface area contributed by atoms with Gasteiger partial charge in [0.05, 0.1) is 10.7 Å². The quantitative estimate of drug-likeness (QED) is 0.276. The number of nitrogens with zero attached hydrogens (tertiary/aromatic N) is 2. The molecule has 1 aromatic heterocycles. The Balaban J connectivity index is 2.03. The predicted octanol–water partition coefficient (Wildman–Crippen LogP) is 5.82. The van der Waals surface area contributed by atoms with E-state index in [2.05, 4.69) is 13.2 Å². The third-order valence-corrected chi connectivity index (χ3v) is 5.10. The summed E-state index contributed by atoms with van der Waals surface area (Å²) in [5, 5.41) is -0.221. The molecule has 0 unspecified atom stereocenters. The van der Waals surface area contributed by atoms with Gasteiger partial charge in [0, 0.05) is 19.2 Å². The van der Waals surface area contributed by atoms with Crippen LogP contribution in [0.4, 0.5) is 17.6 Å². The van der Waals surface area contributed by atoms with Crippen molar-refractivity contribution in [1.82, 2.24) is 9.13 Å². The minimum Gasteiger partial charge on any atom is -0.485 e. The molecule has 11 heteroatoms. The Morgan fingerprint density at radius 3 is 2.42 bits per heavy atom. The molecule has 0 aliphatic carbocycles. The number of halogens is 5. The molecule has 3 rings (SSSR count). The Hall–Kier alpha value is -4.05. The molecule has 0 atom stereocenters. The SMILES string of the molecule is C=C/C=C\C(=C)COc1ccccc1Oc1cc(-n2c(=O)cc(C(F)(F)F)n(C)c2=O)c(F)cc1Cl. The van der Waals surface area contributed by atoms with Crippen LogP contribution in [0, 0.1) is 5.82 Å². The maximum Gasteiger partial charge on any atom is 0.431 e. The Morgan fingerprint density at radius 2 is 1.78 bits per heavy atom. The Bertz CT molecular complexity index is 1470. The summed E-state index contributed by atoms with van der Waals surface area (Å²) >= 11 is 6.11. The molecule has 0 N–H and O–H groups in total. The lowest BCUT2D eigenvalue weighted by atomic mass is 10.2. The van der Waals surface area contributed by atoms with E-state index in [0.29, 0.717) is 5.57 Å². The second kappa shape index (κ2) is 10.7. The molecule has 0 fully saturated rings. The van der Waals surface area contributed by atoms with E-state index in [1.807, 2.05) is 0 Å². The van der Waals surface area contributed by atoms with Crippen LogP contribution < -0.4 is 20.7 Å². The van der Waals surface area contributed by atoms with Crippen LogP contribution in [0.25, 0.3) is 5.69 Å². The zero-order valence-corrected chi connectivity index (χ0v) is 19.6. The van der Waals surface area contributed by atoms with Gasteiger partial charge in [-0.15, -0.1) is 0 Å². The van der Waals surface area contributed by atoms with Gasteiger partial charge in [-0.2, -0.15) is 13.2 Å². The fraction of sp³-hybridized carbons (Fsp3) is 0.120. The van der Waals surface area contributed by atoms with Gasteiger partial charge in [0.2, 0.25) is 0 Å². The maximum atomic E-state index is 14.8. The molecule has 6 nitrogen and oxygen atoms in total. The zero-order valence-electron chi connectivity index (χ0n) is 18.8. The van der Waals surface area contributed by atoms with Gasteiger partial charge in [0.1, 0.15) is 23.9 Å². The first kappa shape index (κ1) is 26.6. The van der Waals surface area contributed by atoms with E-state index >= 15 is 0 Å². The van der Waals surface area contributed by atoms with E-state index in [1.165, 1.54) is 6.07 Å². The van der Waals surface area contributed by atoms with E-state index in [9.17, 15) is 27.2 Å². The lowest BCUT2D eigenvalue weighted by Crippen LogP contribution is -2.41. The standard InChI is InChI=1S/C25H19ClF4N2O4/c1-4-5-8-15(2)14-35-19-9-6-7-10-20(19)36-21-12-18(17(27)11-16(21)26)32-23(33)13-22(25(28,29)30)31(3)24(32)34/h4-13H,1-2,14H2,3H3/b8-5-. The minimum atomic E-state index is -4.96. The number of alkyl halides is 3. The van der Waals surface area contributed by atoms with E-state index < -0.39 is 34.6 Å². The van der Waals surface area contributed by atoms with Crippen LogP contribution in [-0.4, -0.2) is 15.7 Å². The lowest BCUT2D eigenvalue weighted by Gasteiger charge is -2.16. The molecule has 2 aromatic carbocycles. The van der Waals surface area contributed by atoms with Gasteiger partial charge in [0.25, 0.3) is 5.56 Å². The molecule has 0 bridgehead atoms. The summed E-state index contributed by atoms with van der Waals surface area (Å²) < 4.78 is 66.1. The summed E-state index contributed by atoms with van der Waals surface area (Å²) in [5.41, 5.74) is -4.28. The Labute approximate surface area is 207 Å². The van der Waals surface area contributed by atoms with Crippen LogP contribution in [0.5, 0.6) is 17.2 Å². The summed E-state index contributed by atoms with van der Waals surface area (Å²) in [5.74, 6) is -0.871. The third-order valence-electron chi connectivity index (χ3n) is 4.80. The number of aromatic nitrogens is 2. The second-order valence-corrected chi connectivity index (χ2v) is 7.77. The molecule has 0 amide bonds. The van der Waals surface area contributed by atoms with Gasteiger partial charge >= 0.3 is 11.9 Å². The molecule has 0 spiro atoms. The number of benzene rings is 2. The summed E-state index contributed by atoms with van der Waals surface area (Å²) in [6, 6.07) is 8.34. The predicted molar refractivity (Wildman–Crippen MR) is 128 cm³/mol. The highest BCUT2D eigenvalue weighted by molar-refractivity contribution is 6.32. The molecule has 0 saturated carbocycles. The van der Waals surface area contributed by atoms with Crippen molar-refractivity contribution in [2.75, 3.05) is 6.61 Å². The Kier molecular flexibility index (Phi) is 7.89. The number of rotatable bonds is 8. The highest BCUT2D eigenvalue weighted by atomic mass is 35.5. The molecular weight excluding hydrogens is 504 g/mol. The van der Waals surface area contributed by atoms with Gasteiger partial charge < -0.3 is 9.47 Å². The van der Waals surface area contributed by atoms with Crippen LogP contribution in [0.3, 0.4) is 0 Å². The number of hydrogen-bond acceptors (Lipinski definition) is 4. The van der Waals surface area contributed by atoms with Crippen molar-refractivity contribution in [2.24, 2.45) is 7.05 Å². The fourth-order valence-electron chi connectivity index (χ4n) is 3.08. The van der Waals surface area contributed by atoms with Crippen molar-refractivity contribution in [3.63, 3.8) is 0 Å². The summed E-state index contributed by atoms with van der Waals surface area (Å²) in [6.45, 7) is 7.50. The lowest BCUT2D eigenvalue weighted by molar-refractivity contribution is -0.144. The average Bonchev–Trinajstić information content (AvgIpc) is 2.81. The minimum absolute atomic E-state index is 0.101. The number of para-hydroxylation sites is 2. The van der Waals surface area contributed by atoms with E-state index in [1.54, 1.807) is 36.4 Å². The smallest absolute Gasteiger partial charge is 0.431 e. The van der Waals surface area contributed by atoms with Crippen molar-refractivity contribution >= 4 is 11.6 Å². The number of ether oxygens (including phenoxy) is 2. The first-order valence-corrected chi connectivity index (χ1v) is 10.6. The molecule has 0 aliphatic heterocycles. The van der Waals surface area contributed by atoms with E-state index in [-0.39, 0.29) is 44.1 Å². The molecule has 1 heterocycles. The normalized spacial score (nSPS) is 11.5. The van der Waals surface area contributed by atoms with Gasteiger partial charge in [-0.1, -0.05) is 55.1 Å². The number of allylic oxidation sites excluding steroid dienone is 2. The van der Waals surface area contributed by atoms with Gasteiger partial charge in [0.15, 0.2) is 11.5 Å². The van der Waals surface area contributed by atoms with Crippen molar-refractivity contribution in [2.45, 2.75) is 6.18 Å².